The van der Waals surface area contributed by atoms with E-state index in [0.29, 0.717) is 0 Å². The molecule has 3 nitrogen and oxygen atoms in total. The first-order valence-corrected chi connectivity index (χ1v) is 1.93. The lowest BCUT2D eigenvalue weighted by Crippen LogP contribution is -2.20. The minimum absolute atomic E-state index is 0.697. The van der Waals surface area contributed by atoms with Gasteiger partial charge in [-0.05, 0) is 0 Å². The first-order valence-electron chi connectivity index (χ1n) is 1.93. The Bertz CT molecular complexity index is 55.5. The number of hydrogen-bond donors (Lipinski definition) is 2. The van der Waals surface area contributed by atoms with Crippen LogP contribution in [-0.2, 0) is 0 Å². The van der Waals surface area contributed by atoms with Crippen molar-refractivity contribution in [1.29, 1.82) is 0 Å². The second-order valence-electron chi connectivity index (χ2n) is 1.27. The maximum Gasteiger partial charge on any atom is 0.149 e. The summed E-state index contributed by atoms with van der Waals surface area (Å²) in [5.41, 5.74) is 0. The van der Waals surface area contributed by atoms with Crippen LogP contribution in [0.25, 0.3) is 0 Å². The van der Waals surface area contributed by atoms with E-state index in [1.165, 1.54) is 0 Å². The van der Waals surface area contributed by atoms with E-state index in [-0.39, 0.29) is 0 Å². The third kappa shape index (κ3) is 3.49. The lowest BCUT2D eigenvalue weighted by Gasteiger charge is -1.92. The summed E-state index contributed by atoms with van der Waals surface area (Å²) in [6.45, 7) is 0. The molecule has 0 aliphatic carbocycles. The van der Waals surface area contributed by atoms with Gasteiger partial charge in [0.25, 0.3) is 0 Å². The summed E-state index contributed by atoms with van der Waals surface area (Å²) in [5, 5.41) is 10.5. The topological polar surface area (TPSA) is 49.3 Å². The number of hydrogen-bond acceptors (Lipinski definition) is 2. The van der Waals surface area contributed by atoms with Gasteiger partial charge in [0.15, 0.2) is 0 Å². The van der Waals surface area contributed by atoms with Crippen molar-refractivity contribution < 1.29 is 9.90 Å². The SMILES string of the molecule is CN[BH2-]C(=O)O. The first-order chi connectivity index (χ1) is 2.77. The van der Waals surface area contributed by atoms with Gasteiger partial charge in [0, 0.05) is 0 Å². The van der Waals surface area contributed by atoms with Crippen molar-refractivity contribution >= 4 is 13.3 Å². The van der Waals surface area contributed by atoms with Crippen molar-refractivity contribution in [2.45, 2.75) is 0 Å². The van der Waals surface area contributed by atoms with E-state index in [1.54, 1.807) is 7.05 Å². The Labute approximate surface area is 36.6 Å². The van der Waals surface area contributed by atoms with Gasteiger partial charge in [0.1, 0.15) is 13.3 Å². The summed E-state index contributed by atoms with van der Waals surface area (Å²) in [6.07, 6.45) is 0. The summed E-state index contributed by atoms with van der Waals surface area (Å²) < 4.78 is 0. The molecule has 0 saturated heterocycles. The van der Waals surface area contributed by atoms with Crippen molar-refractivity contribution in [3.8, 4) is 0 Å². The Morgan fingerprint density at radius 3 is 2.50 bits per heavy atom. The number of nitrogens with one attached hydrogen (secondary N) is 1. The molecule has 0 radical (unpaired) electrons. The molecule has 0 aliphatic heterocycles. The predicted molar refractivity (Wildman–Crippen MR) is 25.6 cm³/mol. The summed E-state index contributed by atoms with van der Waals surface area (Å²) in [5.74, 6) is -0.697. The molecule has 36 valence electrons. The third-order valence-corrected chi connectivity index (χ3v) is 0.464. The highest BCUT2D eigenvalue weighted by molar-refractivity contribution is 6.69. The van der Waals surface area contributed by atoms with Crippen LogP contribution in [-0.4, -0.2) is 25.4 Å². The average Bonchev–Trinajstić information content (AvgIpc) is 1.35. The summed E-state index contributed by atoms with van der Waals surface area (Å²) >= 11 is 0. The zero-order valence-corrected chi connectivity index (χ0v) is 3.86. The second-order valence-corrected chi connectivity index (χ2v) is 1.27. The Morgan fingerprint density at radius 2 is 2.50 bits per heavy atom. The quantitative estimate of drug-likeness (QED) is 0.424. The molecule has 4 heteroatoms. The molecule has 0 aromatic carbocycles. The van der Waals surface area contributed by atoms with E-state index in [2.05, 4.69) is 5.23 Å². The van der Waals surface area contributed by atoms with E-state index in [4.69, 9.17) is 5.11 Å². The molecule has 2 N–H and O–H groups in total. The Morgan fingerprint density at radius 1 is 2.00 bits per heavy atom. The lowest BCUT2D eigenvalue weighted by molar-refractivity contribution is 0.219. The zero-order valence-electron chi connectivity index (χ0n) is 3.86. The van der Waals surface area contributed by atoms with Crippen molar-refractivity contribution in [2.75, 3.05) is 7.05 Å². The van der Waals surface area contributed by atoms with E-state index in [1.807, 2.05) is 0 Å². The molecule has 0 rings (SSSR count). The third-order valence-electron chi connectivity index (χ3n) is 0.464. The maximum atomic E-state index is 9.59. The fourth-order valence-corrected chi connectivity index (χ4v) is 0.214. The number of rotatable bonds is 2. The lowest BCUT2D eigenvalue weighted by atomic mass is 9.97. The van der Waals surface area contributed by atoms with Crippen LogP contribution in [0.15, 0.2) is 0 Å². The highest BCUT2D eigenvalue weighted by Crippen LogP contribution is 1.53. The molecule has 0 saturated carbocycles. The van der Waals surface area contributed by atoms with Crippen LogP contribution in [0.4, 0.5) is 4.79 Å². The molecular formula is C2H7BNO2-. The number of carbonyl (C=O) groups is 1. The maximum absolute atomic E-state index is 9.59. The second kappa shape index (κ2) is 2.72. The smallest absolute Gasteiger partial charge is 0.149 e. The average molecular weight is 87.9 g/mol. The van der Waals surface area contributed by atoms with E-state index < -0.39 is 13.3 Å². The molecule has 0 fully saturated rings. The Kier molecular flexibility index (Phi) is 2.49. The first kappa shape index (κ1) is 5.49. The van der Waals surface area contributed by atoms with Crippen LogP contribution < -0.4 is 5.23 Å². The summed E-state index contributed by atoms with van der Waals surface area (Å²) in [7, 11) is 0.772. The molecule has 0 atom stereocenters. The normalized spacial score (nSPS) is 8.17. The van der Waals surface area contributed by atoms with Crippen LogP contribution in [0.5, 0.6) is 0 Å². The van der Waals surface area contributed by atoms with Gasteiger partial charge in [-0.25, -0.2) is 0 Å². The molecule has 0 amide bonds. The van der Waals surface area contributed by atoms with Crippen molar-refractivity contribution in [2.24, 2.45) is 0 Å². The van der Waals surface area contributed by atoms with Gasteiger partial charge in [-0.15, -0.1) is 0 Å². The highest BCUT2D eigenvalue weighted by Gasteiger charge is 1.77. The molecule has 0 aliphatic rings. The van der Waals surface area contributed by atoms with E-state index >= 15 is 0 Å². The fraction of sp³-hybridized carbons (Fsp3) is 0.500. The van der Waals surface area contributed by atoms with Crippen molar-refractivity contribution in [3.63, 3.8) is 0 Å². The van der Waals surface area contributed by atoms with Gasteiger partial charge in [-0.2, -0.15) is 0 Å². The summed E-state index contributed by atoms with van der Waals surface area (Å²) in [6, 6.07) is 0. The standard InChI is InChI=1S/C2H7BNO2/c1-4-3-2(5)6/h4H,3H2,1H3,(H,5,6)/q-1. The fourth-order valence-electron chi connectivity index (χ4n) is 0.214. The highest BCUT2D eigenvalue weighted by atomic mass is 16.4. The minimum atomic E-state index is -0.875. The minimum Gasteiger partial charge on any atom is -0.514 e. The van der Waals surface area contributed by atoms with Crippen LogP contribution in [0.1, 0.15) is 0 Å². The molecule has 0 aromatic heterocycles. The van der Waals surface area contributed by atoms with Crippen LogP contribution >= 0.6 is 0 Å². The van der Waals surface area contributed by atoms with Gasteiger partial charge >= 0.3 is 0 Å². The van der Waals surface area contributed by atoms with Gasteiger partial charge < -0.3 is 15.1 Å². The molecule has 0 heterocycles. The Hall–Kier alpha value is -0.505. The Balaban J connectivity index is 2.83. The molecule has 0 spiro atoms. The van der Waals surface area contributed by atoms with Crippen LogP contribution in [0.2, 0.25) is 0 Å². The summed E-state index contributed by atoms with van der Waals surface area (Å²) in [4.78, 5) is 9.59. The molecule has 0 aromatic rings. The zero-order chi connectivity index (χ0) is 4.99. The largest absolute Gasteiger partial charge is 0.514 e. The van der Waals surface area contributed by atoms with Crippen molar-refractivity contribution in [1.82, 2.24) is 5.23 Å². The molecule has 0 bridgehead atoms. The monoisotopic (exact) mass is 88.1 g/mol. The molecule has 0 unspecified atom stereocenters. The predicted octanol–water partition coefficient (Wildman–Crippen LogP) is -1.03. The van der Waals surface area contributed by atoms with Gasteiger partial charge in [0.2, 0.25) is 0 Å². The van der Waals surface area contributed by atoms with E-state index in [9.17, 15) is 4.79 Å². The van der Waals surface area contributed by atoms with E-state index in [0.717, 1.165) is 0 Å². The van der Waals surface area contributed by atoms with Gasteiger partial charge in [-0.3, -0.25) is 0 Å². The van der Waals surface area contributed by atoms with Gasteiger partial charge in [0.05, 0.1) is 0 Å². The number of carboxylic acid groups (broad SMARTS) is 1. The van der Waals surface area contributed by atoms with Crippen molar-refractivity contribution in [3.05, 3.63) is 0 Å². The van der Waals surface area contributed by atoms with Gasteiger partial charge in [-0.1, -0.05) is 7.05 Å². The van der Waals surface area contributed by atoms with Crippen LogP contribution in [0.3, 0.4) is 0 Å². The van der Waals surface area contributed by atoms with Crippen LogP contribution in [0, 0.1) is 0 Å². The molecular weight excluding hydrogens is 80.8 g/mol. The molecule has 6 heavy (non-hydrogen) atoms.